The monoisotopic (exact) mass is 968 g/mol. The first kappa shape index (κ1) is 43.5. The lowest BCUT2D eigenvalue weighted by Crippen LogP contribution is -2.61. The van der Waals surface area contributed by atoms with Crippen molar-refractivity contribution in [3.05, 3.63) is 246 Å². The first-order valence-corrected chi connectivity index (χ1v) is 26.9. The lowest BCUT2D eigenvalue weighted by molar-refractivity contribution is 0.436. The number of hydrogen-bond acceptors (Lipinski definition) is 4. The van der Waals surface area contributed by atoms with E-state index in [9.17, 15) is 0 Å². The summed E-state index contributed by atoms with van der Waals surface area (Å²) in [7, 11) is 0. The Morgan fingerprint density at radius 2 is 1.01 bits per heavy atom. The number of anilines is 6. The van der Waals surface area contributed by atoms with Gasteiger partial charge < -0.3 is 14.5 Å². The van der Waals surface area contributed by atoms with Gasteiger partial charge in [0.1, 0.15) is 11.5 Å². The molecule has 11 aromatic rings. The smallest absolute Gasteiger partial charge is 0.265 e. The van der Waals surface area contributed by atoms with Crippen LogP contribution in [0.2, 0.25) is 0 Å². The molecule has 5 heteroatoms. The Balaban J connectivity index is 1.11. The summed E-state index contributed by atoms with van der Waals surface area (Å²) in [5.41, 5.74) is 21.8. The normalized spacial score (nSPS) is 14.5. The molecule has 1 aromatic heterocycles. The predicted octanol–water partition coefficient (Wildman–Crippen LogP) is 16.9. The van der Waals surface area contributed by atoms with E-state index in [1.807, 2.05) is 11.3 Å². The summed E-state index contributed by atoms with van der Waals surface area (Å²) in [6.45, 7) is 13.9. The van der Waals surface area contributed by atoms with Crippen LogP contribution < -0.4 is 30.2 Å². The first-order chi connectivity index (χ1) is 36.0. The summed E-state index contributed by atoms with van der Waals surface area (Å²) in [5, 5.41) is 3.74. The summed E-state index contributed by atoms with van der Waals surface area (Å²) >= 11 is 1.97. The molecule has 0 unspecified atom stereocenters. The van der Waals surface area contributed by atoms with Gasteiger partial charge in [0.15, 0.2) is 0 Å². The molecule has 0 fully saturated rings. The topological polar surface area (TPSA) is 15.7 Å². The molecule has 74 heavy (non-hydrogen) atoms. The molecular formula is C69H53BN2OS. The molecule has 1 spiro atoms. The second-order valence-electron chi connectivity index (χ2n) is 22.7. The molecule has 1 aliphatic carbocycles. The van der Waals surface area contributed by atoms with Gasteiger partial charge >= 0.3 is 0 Å². The Labute approximate surface area is 438 Å². The fraction of sp³-hybridized carbons (Fsp3) is 0.130. The van der Waals surface area contributed by atoms with E-state index in [2.05, 4.69) is 264 Å². The maximum atomic E-state index is 6.85. The number of para-hydroxylation sites is 2. The third kappa shape index (κ3) is 5.90. The van der Waals surface area contributed by atoms with E-state index in [0.717, 1.165) is 17.2 Å². The van der Waals surface area contributed by atoms with Crippen LogP contribution in [0.5, 0.6) is 11.5 Å². The van der Waals surface area contributed by atoms with Crippen LogP contribution in [0.3, 0.4) is 0 Å². The SMILES string of the molecule is CC(C)(C)c1ccc(N2c3cc(C(C)(C)C)cc4c3B(c3sc5ccccc5c3N4c3ccc(-c4ccccc4)c4ccccc34)c3c2ccc2c3-c3ccccc3C23c2ccccc2Oc2ccccc23)cc1. The van der Waals surface area contributed by atoms with Gasteiger partial charge in [-0.15, -0.1) is 11.3 Å². The van der Waals surface area contributed by atoms with Crippen molar-refractivity contribution in [1.29, 1.82) is 0 Å². The maximum Gasteiger partial charge on any atom is 0.265 e. The van der Waals surface area contributed by atoms with Gasteiger partial charge in [0.05, 0.1) is 16.8 Å². The maximum absolute atomic E-state index is 6.85. The lowest BCUT2D eigenvalue weighted by Gasteiger charge is -2.45. The highest BCUT2D eigenvalue weighted by Gasteiger charge is 2.55. The minimum absolute atomic E-state index is 0.000798. The average Bonchev–Trinajstić information content (AvgIpc) is 4.13. The van der Waals surface area contributed by atoms with Crippen molar-refractivity contribution in [1.82, 2.24) is 0 Å². The van der Waals surface area contributed by atoms with Gasteiger partial charge in [-0.3, -0.25) is 0 Å². The Morgan fingerprint density at radius 1 is 0.432 bits per heavy atom. The number of fused-ring (bicyclic) bond motifs is 17. The Hall–Kier alpha value is -8.12. The van der Waals surface area contributed by atoms with Crippen molar-refractivity contribution in [3.63, 3.8) is 0 Å². The van der Waals surface area contributed by atoms with E-state index in [1.54, 1.807) is 0 Å². The fourth-order valence-corrected chi connectivity index (χ4v) is 14.6. The number of rotatable bonds is 3. The molecule has 0 radical (unpaired) electrons. The summed E-state index contributed by atoms with van der Waals surface area (Å²) in [5.74, 6) is 1.81. The third-order valence-corrected chi connectivity index (χ3v) is 17.9. The van der Waals surface area contributed by atoms with Gasteiger partial charge in [0.2, 0.25) is 0 Å². The first-order valence-electron chi connectivity index (χ1n) is 26.1. The fourth-order valence-electron chi connectivity index (χ4n) is 13.3. The van der Waals surface area contributed by atoms with Gasteiger partial charge in [-0.1, -0.05) is 199 Å². The minimum Gasteiger partial charge on any atom is -0.457 e. The number of benzene rings is 10. The molecular weight excluding hydrogens is 916 g/mol. The highest BCUT2D eigenvalue weighted by atomic mass is 32.1. The highest BCUT2D eigenvalue weighted by Crippen LogP contribution is 2.63. The van der Waals surface area contributed by atoms with E-state index >= 15 is 0 Å². The standard InChI is InChI=1S/C69H53BN2OS/c1-67(2,3)43-32-34-45(35-33-43)71-56-39-37-54-62(49-24-12-14-26-51(49)69(54)52-27-15-17-29-59(52)73-60-30-18-16-28-53(60)69)64(56)70-63-57(71)40-44(68(4,5)6)41-58(63)72(65-50-25-13-19-31-61(50)74-66(65)70)55-38-36-46(42-20-8-7-9-21-42)47-22-10-11-23-48(47)55/h7-41H,1-6H3. The van der Waals surface area contributed by atoms with Crippen LogP contribution in [-0.4, -0.2) is 6.71 Å². The Morgan fingerprint density at radius 3 is 1.72 bits per heavy atom. The van der Waals surface area contributed by atoms with Gasteiger partial charge in [0.25, 0.3) is 6.71 Å². The highest BCUT2D eigenvalue weighted by molar-refractivity contribution is 7.34. The van der Waals surface area contributed by atoms with E-state index in [4.69, 9.17) is 4.74 Å². The largest absolute Gasteiger partial charge is 0.457 e. The van der Waals surface area contributed by atoms with Crippen molar-refractivity contribution >= 4 is 88.7 Å². The Bertz CT molecular complexity index is 4110. The Kier molecular flexibility index (Phi) is 9.08. The molecule has 0 bridgehead atoms. The zero-order valence-corrected chi connectivity index (χ0v) is 43.3. The van der Waals surface area contributed by atoms with E-state index < -0.39 is 5.41 Å². The minimum atomic E-state index is -0.617. The molecule has 10 aromatic carbocycles. The second kappa shape index (κ2) is 15.5. The van der Waals surface area contributed by atoms with Crippen LogP contribution in [0.4, 0.5) is 34.1 Å². The molecule has 4 heterocycles. The molecule has 15 rings (SSSR count). The van der Waals surface area contributed by atoms with Crippen LogP contribution in [0.1, 0.15) is 74.9 Å². The molecule has 4 aliphatic rings. The molecule has 0 atom stereocenters. The average molecular weight is 969 g/mol. The van der Waals surface area contributed by atoms with Gasteiger partial charge in [-0.25, -0.2) is 0 Å². The van der Waals surface area contributed by atoms with Crippen molar-refractivity contribution in [3.8, 4) is 33.8 Å². The summed E-state index contributed by atoms with van der Waals surface area (Å²) < 4.78 is 9.50. The zero-order valence-electron chi connectivity index (χ0n) is 42.5. The van der Waals surface area contributed by atoms with Crippen LogP contribution in [0.25, 0.3) is 43.1 Å². The summed E-state index contributed by atoms with van der Waals surface area (Å²) in [6.07, 6.45) is 0. The predicted molar refractivity (Wildman–Crippen MR) is 314 cm³/mol. The lowest BCUT2D eigenvalue weighted by atomic mass is 9.35. The quantitative estimate of drug-likeness (QED) is 0.164. The molecule has 0 N–H and O–H groups in total. The molecule has 0 saturated carbocycles. The van der Waals surface area contributed by atoms with Gasteiger partial charge in [-0.05, 0) is 126 Å². The number of thiophene rings is 1. The number of ether oxygens (including phenoxy) is 1. The molecule has 0 saturated heterocycles. The van der Waals surface area contributed by atoms with Crippen LogP contribution in [-0.2, 0) is 16.2 Å². The second-order valence-corrected chi connectivity index (χ2v) is 23.8. The third-order valence-electron chi connectivity index (χ3n) is 16.6. The van der Waals surface area contributed by atoms with E-state index in [-0.39, 0.29) is 17.5 Å². The van der Waals surface area contributed by atoms with Crippen molar-refractivity contribution in [2.75, 3.05) is 9.80 Å². The zero-order chi connectivity index (χ0) is 49.8. The van der Waals surface area contributed by atoms with Crippen LogP contribution in [0.15, 0.2) is 212 Å². The van der Waals surface area contributed by atoms with Crippen molar-refractivity contribution in [2.45, 2.75) is 57.8 Å². The molecule has 0 amide bonds. The van der Waals surface area contributed by atoms with Crippen LogP contribution >= 0.6 is 11.3 Å². The number of nitrogens with zero attached hydrogens (tertiary/aromatic N) is 2. The number of hydrogen-bond donors (Lipinski definition) is 0. The van der Waals surface area contributed by atoms with Crippen molar-refractivity contribution < 1.29 is 4.74 Å². The van der Waals surface area contributed by atoms with Gasteiger partial charge in [0, 0.05) is 54.1 Å². The summed E-state index contributed by atoms with van der Waals surface area (Å²) in [6, 6.07) is 80.1. The van der Waals surface area contributed by atoms with E-state index in [0.29, 0.717) is 0 Å². The van der Waals surface area contributed by atoms with Crippen molar-refractivity contribution in [2.24, 2.45) is 0 Å². The molecule has 3 aliphatic heterocycles. The van der Waals surface area contributed by atoms with Crippen LogP contribution in [0, 0.1) is 0 Å². The van der Waals surface area contributed by atoms with Gasteiger partial charge in [-0.2, -0.15) is 0 Å². The van der Waals surface area contributed by atoms with E-state index in [1.165, 1.54) is 121 Å². The summed E-state index contributed by atoms with van der Waals surface area (Å²) in [4.78, 5) is 5.30. The molecule has 354 valence electrons. The molecule has 3 nitrogen and oxygen atoms in total.